The molecule has 3 aromatic carbocycles. The van der Waals surface area contributed by atoms with Gasteiger partial charge in [0.2, 0.25) is 5.91 Å². The van der Waals surface area contributed by atoms with Gasteiger partial charge in [0.15, 0.2) is 15.6 Å². The molecule has 2 amide bonds. The van der Waals surface area contributed by atoms with E-state index in [-0.39, 0.29) is 34.7 Å². The van der Waals surface area contributed by atoms with E-state index in [9.17, 15) is 33.2 Å². The number of rotatable bonds is 13. The molecule has 3 aromatic rings. The number of nitrogens with zero attached hydrogens (tertiary/aromatic N) is 4. The molecule has 1 atom stereocenters. The van der Waals surface area contributed by atoms with Gasteiger partial charge in [-0.3, -0.25) is 14.9 Å². The van der Waals surface area contributed by atoms with Gasteiger partial charge in [0.05, 0.1) is 16.2 Å². The first-order chi connectivity index (χ1) is 21.5. The van der Waals surface area contributed by atoms with E-state index in [1.54, 1.807) is 12.1 Å². The molecular weight excluding hydrogens is 600 g/mol. The minimum atomic E-state index is -3.30. The maximum absolute atomic E-state index is 13.2. The summed E-state index contributed by atoms with van der Waals surface area (Å²) in [5, 5.41) is 22.0. The summed E-state index contributed by atoms with van der Waals surface area (Å²) in [6.07, 6.45) is 2.03. The number of hydrogen-bond donors (Lipinski definition) is 1. The summed E-state index contributed by atoms with van der Waals surface area (Å²) in [7, 11) is -3.30. The normalized spacial score (nSPS) is 14.8. The fourth-order valence-electron chi connectivity index (χ4n) is 5.60. The second-order valence-electron chi connectivity index (χ2n) is 11.0. The van der Waals surface area contributed by atoms with Crippen molar-refractivity contribution in [1.82, 2.24) is 14.9 Å². The summed E-state index contributed by atoms with van der Waals surface area (Å²) in [6.45, 7) is 4.57. The minimum absolute atomic E-state index is 0.00677. The molecule has 1 aliphatic heterocycles. The molecule has 0 spiro atoms. The van der Waals surface area contributed by atoms with Gasteiger partial charge >= 0.3 is 6.09 Å². The van der Waals surface area contributed by atoms with Crippen molar-refractivity contribution in [2.75, 3.05) is 32.4 Å². The minimum Gasteiger partial charge on any atom is -0.463 e. The van der Waals surface area contributed by atoms with E-state index in [2.05, 4.69) is 4.90 Å². The molecule has 240 valence electrons. The molecule has 0 bridgehead atoms. The highest BCUT2D eigenvalue weighted by atomic mass is 32.2. The summed E-state index contributed by atoms with van der Waals surface area (Å²) >= 11 is 0. The molecule has 0 saturated carbocycles. The molecule has 1 unspecified atom stereocenters. The number of non-ortho nitro benzene ring substituents is 1. The van der Waals surface area contributed by atoms with Crippen molar-refractivity contribution in [3.05, 3.63) is 100 Å². The van der Waals surface area contributed by atoms with Gasteiger partial charge in [-0.1, -0.05) is 42.5 Å². The number of hydrogen-bond acceptors (Lipinski definition) is 8. The van der Waals surface area contributed by atoms with Crippen molar-refractivity contribution >= 4 is 27.5 Å². The van der Waals surface area contributed by atoms with E-state index >= 15 is 0 Å². The van der Waals surface area contributed by atoms with E-state index in [4.69, 9.17) is 4.84 Å². The number of carbonyl (C=O) groups excluding carboxylic acids is 1. The Bertz CT molecular complexity index is 1560. The number of likely N-dealkylation sites (N-methyl/N-ethyl adjacent to an activating group) is 1. The number of likely N-dealkylation sites (tertiary alicyclic amines) is 1. The maximum atomic E-state index is 13.2. The molecule has 45 heavy (non-hydrogen) atoms. The Balaban J connectivity index is 1.37. The monoisotopic (exact) mass is 638 g/mol. The second-order valence-corrected chi connectivity index (χ2v) is 13.0. The number of sulfone groups is 1. The van der Waals surface area contributed by atoms with Crippen LogP contribution in [0.25, 0.3) is 0 Å². The third-order valence-corrected chi connectivity index (χ3v) is 9.12. The van der Waals surface area contributed by atoms with Crippen LogP contribution in [0, 0.1) is 10.1 Å². The first-order valence-corrected chi connectivity index (χ1v) is 16.7. The first kappa shape index (κ1) is 33.4. The van der Waals surface area contributed by atoms with Gasteiger partial charge < -0.3 is 19.7 Å². The van der Waals surface area contributed by atoms with E-state index in [1.807, 2.05) is 42.2 Å². The molecule has 4 rings (SSSR count). The summed E-state index contributed by atoms with van der Waals surface area (Å²) in [5.41, 5.74) is 1.39. The highest BCUT2D eigenvalue weighted by molar-refractivity contribution is 7.90. The number of amides is 2. The molecule has 1 N–H and O–H groups in total. The summed E-state index contributed by atoms with van der Waals surface area (Å²) in [4.78, 5) is 46.2. The highest BCUT2D eigenvalue weighted by Gasteiger charge is 2.31. The Labute approximate surface area is 262 Å². The van der Waals surface area contributed by atoms with E-state index in [0.717, 1.165) is 48.4 Å². The van der Waals surface area contributed by atoms with Gasteiger partial charge in [-0.15, -0.1) is 5.06 Å². The molecule has 1 saturated heterocycles. The average molecular weight is 639 g/mol. The molecule has 1 aliphatic rings. The zero-order valence-corrected chi connectivity index (χ0v) is 26.1. The van der Waals surface area contributed by atoms with Crippen molar-refractivity contribution in [1.29, 1.82) is 0 Å². The number of hydroxylamine groups is 2. The van der Waals surface area contributed by atoms with Gasteiger partial charge in [-0.2, -0.15) is 0 Å². The van der Waals surface area contributed by atoms with Gasteiger partial charge in [-0.05, 0) is 61.6 Å². The quantitative estimate of drug-likeness (QED) is 0.202. The van der Waals surface area contributed by atoms with Crippen LogP contribution in [0.5, 0.6) is 5.75 Å². The standard InChI is InChI=1S/C32H38N4O8S/c1-3-34(31(37)23-24-9-15-29(16-10-24)45(2,42)43)26-17-20-33(21-18-26)22-19-30(25-7-5-4-6-8-25)35(32(38)39)44-28-13-11-27(12-14-28)36(40)41/h4-16,26,30H,3,17-23H2,1-2H3,(H,38,39). The number of nitro benzene ring substituents is 1. The van der Waals surface area contributed by atoms with Crippen molar-refractivity contribution in [2.24, 2.45) is 0 Å². The van der Waals surface area contributed by atoms with E-state index < -0.39 is 26.9 Å². The number of piperidine rings is 1. The van der Waals surface area contributed by atoms with Crippen LogP contribution in [-0.2, 0) is 21.1 Å². The first-order valence-electron chi connectivity index (χ1n) is 14.8. The zero-order valence-electron chi connectivity index (χ0n) is 25.3. The molecule has 0 aliphatic carbocycles. The highest BCUT2D eigenvalue weighted by Crippen LogP contribution is 2.29. The lowest BCUT2D eigenvalue weighted by molar-refractivity contribution is -0.384. The molecule has 0 radical (unpaired) electrons. The van der Waals surface area contributed by atoms with Crippen LogP contribution < -0.4 is 4.84 Å². The Morgan fingerprint density at radius 1 is 1.02 bits per heavy atom. The van der Waals surface area contributed by atoms with Crippen LogP contribution in [0.1, 0.15) is 43.4 Å². The Hall–Kier alpha value is -4.49. The predicted molar refractivity (Wildman–Crippen MR) is 167 cm³/mol. The van der Waals surface area contributed by atoms with Gasteiger partial charge in [0.1, 0.15) is 6.04 Å². The number of benzene rings is 3. The van der Waals surface area contributed by atoms with Gasteiger partial charge in [0.25, 0.3) is 5.69 Å². The number of nitro groups is 1. The molecule has 1 heterocycles. The predicted octanol–water partition coefficient (Wildman–Crippen LogP) is 4.96. The zero-order chi connectivity index (χ0) is 32.6. The van der Waals surface area contributed by atoms with E-state index in [1.165, 1.54) is 36.4 Å². The Morgan fingerprint density at radius 3 is 2.18 bits per heavy atom. The molecule has 12 nitrogen and oxygen atoms in total. The number of carboxylic acid groups (broad SMARTS) is 1. The summed E-state index contributed by atoms with van der Waals surface area (Å²) < 4.78 is 23.5. The van der Waals surface area contributed by atoms with Crippen LogP contribution in [0.2, 0.25) is 0 Å². The fraction of sp³-hybridized carbons (Fsp3) is 0.375. The van der Waals surface area contributed by atoms with Crippen LogP contribution in [0.3, 0.4) is 0 Å². The Kier molecular flexibility index (Phi) is 11.1. The van der Waals surface area contributed by atoms with Crippen LogP contribution in [0.15, 0.2) is 83.8 Å². The SMILES string of the molecule is CCN(C(=O)Cc1ccc(S(C)(=O)=O)cc1)C1CCN(CCC(c2ccccc2)N(Oc2ccc([N+](=O)[O-])cc2)C(=O)O)CC1. The van der Waals surface area contributed by atoms with Crippen molar-refractivity contribution < 1.29 is 32.9 Å². The van der Waals surface area contributed by atoms with Crippen LogP contribution in [-0.4, -0.2) is 83.8 Å². The summed E-state index contributed by atoms with van der Waals surface area (Å²) in [5.74, 6) is 0.160. The topological polar surface area (TPSA) is 151 Å². The summed E-state index contributed by atoms with van der Waals surface area (Å²) in [6, 6.07) is 20.3. The van der Waals surface area contributed by atoms with Crippen LogP contribution in [0.4, 0.5) is 10.5 Å². The smallest absolute Gasteiger partial charge is 0.441 e. The van der Waals surface area contributed by atoms with Crippen molar-refractivity contribution in [3.8, 4) is 5.75 Å². The second kappa shape index (κ2) is 15.0. The fourth-order valence-corrected chi connectivity index (χ4v) is 6.23. The van der Waals surface area contributed by atoms with Gasteiger partial charge in [-0.25, -0.2) is 13.2 Å². The molecule has 13 heteroatoms. The Morgan fingerprint density at radius 2 is 1.64 bits per heavy atom. The lowest BCUT2D eigenvalue weighted by Gasteiger charge is -2.39. The van der Waals surface area contributed by atoms with E-state index in [0.29, 0.717) is 19.5 Å². The molecule has 1 fully saturated rings. The van der Waals surface area contributed by atoms with Crippen LogP contribution >= 0.6 is 0 Å². The molecular formula is C32H38N4O8S. The number of carbonyl (C=O) groups is 2. The average Bonchev–Trinajstić information content (AvgIpc) is 3.02. The van der Waals surface area contributed by atoms with Crippen molar-refractivity contribution in [2.45, 2.75) is 49.6 Å². The molecule has 0 aromatic heterocycles. The third-order valence-electron chi connectivity index (χ3n) is 7.99. The maximum Gasteiger partial charge on any atom is 0.441 e. The lowest BCUT2D eigenvalue weighted by Crippen LogP contribution is -2.48. The lowest BCUT2D eigenvalue weighted by atomic mass is 9.99. The third kappa shape index (κ3) is 9.02. The van der Waals surface area contributed by atoms with Gasteiger partial charge in [0, 0.05) is 50.6 Å². The van der Waals surface area contributed by atoms with Crippen molar-refractivity contribution in [3.63, 3.8) is 0 Å². The largest absolute Gasteiger partial charge is 0.463 e.